The number of nitrogens with zero attached hydrogens (tertiary/aromatic N) is 1. The van der Waals surface area contributed by atoms with E-state index in [1.54, 1.807) is 11.3 Å². The number of aliphatic hydroxyl groups is 1. The van der Waals surface area contributed by atoms with Crippen LogP contribution >= 0.6 is 22.9 Å². The van der Waals surface area contributed by atoms with Gasteiger partial charge in [0.05, 0.1) is 9.94 Å². The maximum atomic E-state index is 11.3. The summed E-state index contributed by atoms with van der Waals surface area (Å²) in [6, 6.07) is 2.12. The van der Waals surface area contributed by atoms with Crippen LogP contribution in [0.3, 0.4) is 0 Å². The standard InChI is InChI=1S/C16H25ClN2OS/c17-15-13(4-11-21-15)14(12-19-9-7-18-8-10-19)16(20)5-2-1-3-6-16/h4,11,14,18,20H,1-3,5-10,12H2. The summed E-state index contributed by atoms with van der Waals surface area (Å²) in [6.45, 7) is 5.14. The van der Waals surface area contributed by atoms with Crippen molar-refractivity contribution < 1.29 is 5.11 Å². The van der Waals surface area contributed by atoms with E-state index in [-0.39, 0.29) is 5.92 Å². The fourth-order valence-corrected chi connectivity index (χ4v) is 4.81. The average Bonchev–Trinajstić information content (AvgIpc) is 2.92. The SMILES string of the molecule is OC1(C(CN2CCNCC2)c2ccsc2Cl)CCCCC1. The molecule has 0 aromatic carbocycles. The van der Waals surface area contributed by atoms with Gasteiger partial charge in [-0.3, -0.25) is 0 Å². The first kappa shape index (κ1) is 15.8. The number of nitrogens with one attached hydrogen (secondary N) is 1. The fraction of sp³-hybridized carbons (Fsp3) is 0.750. The minimum atomic E-state index is -0.576. The van der Waals surface area contributed by atoms with E-state index in [9.17, 15) is 5.11 Å². The Morgan fingerprint density at radius 3 is 2.62 bits per heavy atom. The van der Waals surface area contributed by atoms with Gasteiger partial charge in [0.25, 0.3) is 0 Å². The second-order valence-corrected chi connectivity index (χ2v) is 7.94. The van der Waals surface area contributed by atoms with Crippen molar-refractivity contribution in [2.45, 2.75) is 43.6 Å². The number of thiophene rings is 1. The molecule has 1 aromatic heterocycles. The van der Waals surface area contributed by atoms with Gasteiger partial charge < -0.3 is 15.3 Å². The largest absolute Gasteiger partial charge is 0.389 e. The van der Waals surface area contributed by atoms with Gasteiger partial charge >= 0.3 is 0 Å². The molecule has 1 aliphatic carbocycles. The maximum absolute atomic E-state index is 11.3. The van der Waals surface area contributed by atoms with Gasteiger partial charge in [-0.15, -0.1) is 11.3 Å². The van der Waals surface area contributed by atoms with Crippen molar-refractivity contribution >= 4 is 22.9 Å². The lowest BCUT2D eigenvalue weighted by Gasteiger charge is -2.42. The number of halogens is 1. The Morgan fingerprint density at radius 2 is 2.00 bits per heavy atom. The van der Waals surface area contributed by atoms with Crippen molar-refractivity contribution in [2.75, 3.05) is 32.7 Å². The molecule has 3 rings (SSSR count). The van der Waals surface area contributed by atoms with Crippen molar-refractivity contribution in [3.05, 3.63) is 21.3 Å². The highest BCUT2D eigenvalue weighted by molar-refractivity contribution is 7.14. The van der Waals surface area contributed by atoms with Crippen LogP contribution in [-0.4, -0.2) is 48.3 Å². The Bertz CT molecular complexity index is 453. The van der Waals surface area contributed by atoms with E-state index in [0.29, 0.717) is 0 Å². The molecule has 118 valence electrons. The second-order valence-electron chi connectivity index (χ2n) is 6.42. The van der Waals surface area contributed by atoms with Gasteiger partial charge in [-0.05, 0) is 29.9 Å². The lowest BCUT2D eigenvalue weighted by atomic mass is 9.73. The lowest BCUT2D eigenvalue weighted by molar-refractivity contribution is -0.0315. The number of hydrogen-bond donors (Lipinski definition) is 2. The minimum Gasteiger partial charge on any atom is -0.389 e. The summed E-state index contributed by atoms with van der Waals surface area (Å²) >= 11 is 7.99. The predicted molar refractivity (Wildman–Crippen MR) is 89.4 cm³/mol. The normalized spacial score (nSPS) is 24.9. The summed E-state index contributed by atoms with van der Waals surface area (Å²) < 4.78 is 0.856. The van der Waals surface area contributed by atoms with E-state index in [4.69, 9.17) is 11.6 Å². The fourth-order valence-electron chi connectivity index (χ4n) is 3.78. The zero-order valence-corrected chi connectivity index (χ0v) is 14.1. The quantitative estimate of drug-likeness (QED) is 0.891. The summed E-state index contributed by atoms with van der Waals surface area (Å²) in [7, 11) is 0. The molecule has 2 heterocycles. The second kappa shape index (κ2) is 6.97. The van der Waals surface area contributed by atoms with Crippen LogP contribution in [0.4, 0.5) is 0 Å². The van der Waals surface area contributed by atoms with E-state index >= 15 is 0 Å². The first-order chi connectivity index (χ1) is 10.2. The molecular weight excluding hydrogens is 304 g/mol. The summed E-state index contributed by atoms with van der Waals surface area (Å²) in [5.41, 5.74) is 0.581. The predicted octanol–water partition coefficient (Wildman–Crippen LogP) is 3.09. The van der Waals surface area contributed by atoms with Gasteiger partial charge in [0, 0.05) is 38.6 Å². The third-order valence-electron chi connectivity index (χ3n) is 5.04. The van der Waals surface area contributed by atoms with Gasteiger partial charge in [0.2, 0.25) is 0 Å². The monoisotopic (exact) mass is 328 g/mol. The molecule has 2 aliphatic rings. The van der Waals surface area contributed by atoms with Gasteiger partial charge in [0.15, 0.2) is 0 Å². The van der Waals surface area contributed by atoms with E-state index in [1.165, 1.54) is 6.42 Å². The van der Waals surface area contributed by atoms with Crippen LogP contribution < -0.4 is 5.32 Å². The topological polar surface area (TPSA) is 35.5 Å². The highest BCUT2D eigenvalue weighted by Gasteiger charge is 2.40. The lowest BCUT2D eigenvalue weighted by Crippen LogP contribution is -2.49. The molecule has 2 fully saturated rings. The number of rotatable bonds is 4. The zero-order valence-electron chi connectivity index (χ0n) is 12.5. The van der Waals surface area contributed by atoms with Gasteiger partial charge in [0.1, 0.15) is 0 Å². The van der Waals surface area contributed by atoms with Crippen molar-refractivity contribution in [3.63, 3.8) is 0 Å². The Kier molecular flexibility index (Phi) is 5.23. The third-order valence-corrected chi connectivity index (χ3v) is 6.24. The molecule has 1 aromatic rings. The third kappa shape index (κ3) is 3.62. The highest BCUT2D eigenvalue weighted by Crippen LogP contribution is 2.43. The van der Waals surface area contributed by atoms with E-state index < -0.39 is 5.60 Å². The minimum absolute atomic E-state index is 0.148. The summed E-state index contributed by atoms with van der Waals surface area (Å²) in [5, 5.41) is 16.7. The van der Waals surface area contributed by atoms with Crippen molar-refractivity contribution in [3.8, 4) is 0 Å². The van der Waals surface area contributed by atoms with Crippen LogP contribution in [0.5, 0.6) is 0 Å². The average molecular weight is 329 g/mol. The molecule has 5 heteroatoms. The molecule has 1 saturated heterocycles. The van der Waals surface area contributed by atoms with Crippen LogP contribution in [0, 0.1) is 0 Å². The maximum Gasteiger partial charge on any atom is 0.0964 e. The van der Waals surface area contributed by atoms with Crippen LogP contribution in [0.15, 0.2) is 11.4 Å². The van der Waals surface area contributed by atoms with E-state index in [1.807, 2.05) is 0 Å². The molecule has 0 radical (unpaired) electrons. The molecule has 0 spiro atoms. The molecule has 1 unspecified atom stereocenters. The van der Waals surface area contributed by atoms with Crippen LogP contribution in [0.1, 0.15) is 43.6 Å². The Morgan fingerprint density at radius 1 is 1.29 bits per heavy atom. The van der Waals surface area contributed by atoms with E-state index in [0.717, 1.165) is 68.3 Å². The zero-order chi connectivity index (χ0) is 14.7. The molecule has 3 nitrogen and oxygen atoms in total. The first-order valence-electron chi connectivity index (χ1n) is 8.07. The van der Waals surface area contributed by atoms with Crippen molar-refractivity contribution in [2.24, 2.45) is 0 Å². The molecular formula is C16H25ClN2OS. The van der Waals surface area contributed by atoms with Gasteiger partial charge in [-0.25, -0.2) is 0 Å². The molecule has 0 amide bonds. The van der Waals surface area contributed by atoms with Crippen LogP contribution in [-0.2, 0) is 0 Å². The summed E-state index contributed by atoms with van der Waals surface area (Å²) in [5.74, 6) is 0.148. The molecule has 1 saturated carbocycles. The number of piperazine rings is 1. The van der Waals surface area contributed by atoms with Crippen molar-refractivity contribution in [1.82, 2.24) is 10.2 Å². The Hall–Kier alpha value is -0.130. The van der Waals surface area contributed by atoms with Crippen LogP contribution in [0.25, 0.3) is 0 Å². The summed E-state index contributed by atoms with van der Waals surface area (Å²) in [4.78, 5) is 2.47. The van der Waals surface area contributed by atoms with E-state index in [2.05, 4.69) is 21.7 Å². The molecule has 1 aliphatic heterocycles. The molecule has 2 N–H and O–H groups in total. The number of hydrogen-bond acceptors (Lipinski definition) is 4. The highest BCUT2D eigenvalue weighted by atomic mass is 35.5. The van der Waals surface area contributed by atoms with Gasteiger partial charge in [-0.2, -0.15) is 0 Å². The Labute approximate surface area is 136 Å². The molecule has 1 atom stereocenters. The molecule has 0 bridgehead atoms. The van der Waals surface area contributed by atoms with Crippen LogP contribution in [0.2, 0.25) is 4.34 Å². The smallest absolute Gasteiger partial charge is 0.0964 e. The first-order valence-corrected chi connectivity index (χ1v) is 9.33. The van der Waals surface area contributed by atoms with Crippen molar-refractivity contribution in [1.29, 1.82) is 0 Å². The Balaban J connectivity index is 1.81. The summed E-state index contributed by atoms with van der Waals surface area (Å²) in [6.07, 6.45) is 5.35. The molecule has 21 heavy (non-hydrogen) atoms. The van der Waals surface area contributed by atoms with Gasteiger partial charge in [-0.1, -0.05) is 30.9 Å².